The molecule has 6 nitrogen and oxygen atoms in total. The number of para-hydroxylation sites is 1. The first-order valence-corrected chi connectivity index (χ1v) is 11.0. The molecule has 2 atom stereocenters. The van der Waals surface area contributed by atoms with Crippen molar-refractivity contribution >= 4 is 49.7 Å². The van der Waals surface area contributed by atoms with Crippen molar-refractivity contribution in [2.45, 2.75) is 37.6 Å². The Hall–Kier alpha value is -2.85. The molecule has 0 unspecified atom stereocenters. The van der Waals surface area contributed by atoms with Crippen LogP contribution in [0.25, 0.3) is 21.9 Å². The van der Waals surface area contributed by atoms with Crippen LogP contribution in [0, 0.1) is 17.2 Å². The molecule has 0 saturated heterocycles. The minimum Gasteiger partial charge on any atom is -0.456 e. The summed E-state index contributed by atoms with van der Waals surface area (Å²) < 4.78 is 5.98. The van der Waals surface area contributed by atoms with Crippen LogP contribution >= 0.6 is 15.9 Å². The van der Waals surface area contributed by atoms with E-state index in [2.05, 4.69) is 27.3 Å². The summed E-state index contributed by atoms with van der Waals surface area (Å²) in [6.45, 7) is 2.03. The molecule has 1 aromatic heterocycles. The Labute approximate surface area is 182 Å². The molecule has 0 bridgehead atoms. The largest absolute Gasteiger partial charge is 0.456 e. The summed E-state index contributed by atoms with van der Waals surface area (Å²) in [7, 11) is 0. The van der Waals surface area contributed by atoms with Crippen molar-refractivity contribution in [3.63, 3.8) is 0 Å². The monoisotopic (exact) mass is 467 g/mol. The zero-order valence-corrected chi connectivity index (χ0v) is 18.2. The summed E-state index contributed by atoms with van der Waals surface area (Å²) in [5.41, 5.74) is 7.08. The van der Waals surface area contributed by atoms with Crippen LogP contribution in [0.3, 0.4) is 0 Å². The molecule has 2 aromatic carbocycles. The van der Waals surface area contributed by atoms with Gasteiger partial charge in [0.25, 0.3) is 0 Å². The molecular weight excluding hydrogens is 446 g/mol. The van der Waals surface area contributed by atoms with Crippen molar-refractivity contribution in [1.82, 2.24) is 5.32 Å². The molecule has 2 amide bonds. The van der Waals surface area contributed by atoms with Gasteiger partial charge in [-0.1, -0.05) is 41.1 Å². The minimum absolute atomic E-state index is 0.159. The van der Waals surface area contributed by atoms with Crippen LogP contribution in [0.4, 0.5) is 0 Å². The van der Waals surface area contributed by atoms with Crippen molar-refractivity contribution in [2.75, 3.05) is 5.33 Å². The third-order valence-electron chi connectivity index (χ3n) is 5.74. The van der Waals surface area contributed by atoms with E-state index in [1.54, 1.807) is 12.1 Å². The Morgan fingerprint density at radius 3 is 2.63 bits per heavy atom. The second-order valence-corrected chi connectivity index (χ2v) is 8.74. The number of nitrogens with zero attached hydrogens (tertiary/aromatic N) is 1. The fourth-order valence-electron chi connectivity index (χ4n) is 3.95. The maximum Gasteiger partial charge on any atom is 0.249 e. The van der Waals surface area contributed by atoms with Crippen molar-refractivity contribution in [1.29, 1.82) is 5.26 Å². The number of nitriles is 1. The highest BCUT2D eigenvalue weighted by molar-refractivity contribution is 9.09. The number of fused-ring (bicyclic) bond motifs is 3. The smallest absolute Gasteiger partial charge is 0.249 e. The maximum absolute atomic E-state index is 13.4. The Bertz CT molecular complexity index is 1190. The van der Waals surface area contributed by atoms with Gasteiger partial charge in [-0.2, -0.15) is 5.26 Å². The van der Waals surface area contributed by atoms with Gasteiger partial charge in [0, 0.05) is 21.7 Å². The normalized spacial score (nSPS) is 16.7. The second kappa shape index (κ2) is 7.77. The summed E-state index contributed by atoms with van der Waals surface area (Å²) in [6.07, 6.45) is 1.77. The van der Waals surface area contributed by atoms with E-state index in [0.717, 1.165) is 10.8 Å². The Morgan fingerprint density at radius 1 is 1.27 bits per heavy atom. The zero-order valence-electron chi connectivity index (χ0n) is 16.6. The number of primary amides is 1. The van der Waals surface area contributed by atoms with E-state index in [-0.39, 0.29) is 11.8 Å². The van der Waals surface area contributed by atoms with Gasteiger partial charge in [-0.15, -0.1) is 0 Å². The molecule has 1 saturated carbocycles. The van der Waals surface area contributed by atoms with Gasteiger partial charge in [0.05, 0.1) is 12.0 Å². The number of rotatable bonds is 7. The number of carbonyl (C=O) groups is 2. The first kappa shape index (κ1) is 20.4. The highest BCUT2D eigenvalue weighted by Crippen LogP contribution is 2.41. The van der Waals surface area contributed by atoms with Gasteiger partial charge in [-0.25, -0.2) is 0 Å². The maximum atomic E-state index is 13.4. The van der Waals surface area contributed by atoms with Gasteiger partial charge in [-0.3, -0.25) is 9.59 Å². The van der Waals surface area contributed by atoms with Gasteiger partial charge < -0.3 is 15.5 Å². The summed E-state index contributed by atoms with van der Waals surface area (Å²) >= 11 is 3.49. The highest BCUT2D eigenvalue weighted by atomic mass is 79.9. The van der Waals surface area contributed by atoms with E-state index in [4.69, 9.17) is 10.2 Å². The topological polar surface area (TPSA) is 109 Å². The lowest BCUT2D eigenvalue weighted by Crippen LogP contribution is -2.40. The molecule has 1 aliphatic rings. The van der Waals surface area contributed by atoms with Crippen molar-refractivity contribution in [3.05, 3.63) is 47.5 Å². The van der Waals surface area contributed by atoms with E-state index in [0.29, 0.717) is 46.9 Å². The average Bonchev–Trinajstić information content (AvgIpc) is 3.41. The molecule has 30 heavy (non-hydrogen) atoms. The number of alkyl halides is 1. The summed E-state index contributed by atoms with van der Waals surface area (Å²) in [5, 5.41) is 14.6. The van der Waals surface area contributed by atoms with Gasteiger partial charge in [0.1, 0.15) is 16.7 Å². The van der Waals surface area contributed by atoms with Gasteiger partial charge in [0.15, 0.2) is 0 Å². The summed E-state index contributed by atoms with van der Waals surface area (Å²) in [4.78, 5) is 25.8. The van der Waals surface area contributed by atoms with Crippen LogP contribution in [0.1, 0.15) is 48.0 Å². The molecular formula is C23H22BrN3O3. The predicted octanol–water partition coefficient (Wildman–Crippen LogP) is 4.36. The number of halogens is 1. The number of hydrogen-bond acceptors (Lipinski definition) is 4. The Balaban J connectivity index is 1.95. The number of nitrogens with one attached hydrogen (secondary N) is 1. The van der Waals surface area contributed by atoms with E-state index >= 15 is 0 Å². The van der Waals surface area contributed by atoms with E-state index < -0.39 is 17.4 Å². The lowest BCUT2D eigenvalue weighted by Gasteiger charge is -2.24. The van der Waals surface area contributed by atoms with Crippen LogP contribution in [0.2, 0.25) is 0 Å². The van der Waals surface area contributed by atoms with E-state index in [9.17, 15) is 14.9 Å². The third-order valence-corrected chi connectivity index (χ3v) is 6.85. The first-order valence-electron chi connectivity index (χ1n) is 9.92. The van der Waals surface area contributed by atoms with Crippen LogP contribution < -0.4 is 11.1 Å². The standard InChI is InChI=1S/C23H22BrN3O3/c1-13(11-24)10-16(22(29)27-23(12-25)8-9-23)19-15(21(26)28)6-7-18-20(19)14-4-2-3-5-17(14)30-18/h2-7,13,16H,8-11H2,1H3,(H2,26,28)(H,27,29)/t13-,16-/m0/s1. The average molecular weight is 468 g/mol. The number of benzene rings is 2. The molecule has 4 rings (SSSR count). The fraction of sp³-hybridized carbons (Fsp3) is 0.348. The highest BCUT2D eigenvalue weighted by Gasteiger charge is 2.46. The molecule has 1 fully saturated rings. The SMILES string of the molecule is C[C@H](CBr)C[C@H](C(=O)NC1(C#N)CC1)c1c(C(N)=O)ccc2oc3ccccc3c12. The van der Waals surface area contributed by atoms with E-state index in [1.807, 2.05) is 31.2 Å². The summed E-state index contributed by atoms with van der Waals surface area (Å²) in [5.74, 6) is -1.34. The minimum atomic E-state index is -0.799. The number of hydrogen-bond donors (Lipinski definition) is 2. The molecule has 0 spiro atoms. The van der Waals surface area contributed by atoms with Crippen LogP contribution in [0.5, 0.6) is 0 Å². The fourth-order valence-corrected chi connectivity index (χ4v) is 4.22. The number of amides is 2. The van der Waals surface area contributed by atoms with Crippen LogP contribution in [-0.2, 0) is 4.79 Å². The molecule has 3 aromatic rings. The van der Waals surface area contributed by atoms with Gasteiger partial charge >= 0.3 is 0 Å². The van der Waals surface area contributed by atoms with Crippen LogP contribution in [0.15, 0.2) is 40.8 Å². The van der Waals surface area contributed by atoms with E-state index in [1.165, 1.54) is 0 Å². The first-order chi connectivity index (χ1) is 14.4. The molecule has 0 radical (unpaired) electrons. The Kier molecular flexibility index (Phi) is 5.29. The predicted molar refractivity (Wildman–Crippen MR) is 118 cm³/mol. The molecule has 3 N–H and O–H groups in total. The molecule has 1 heterocycles. The lowest BCUT2D eigenvalue weighted by atomic mass is 9.83. The number of nitrogens with two attached hydrogens (primary N) is 1. The zero-order chi connectivity index (χ0) is 21.5. The molecule has 0 aliphatic heterocycles. The second-order valence-electron chi connectivity index (χ2n) is 8.09. The Morgan fingerprint density at radius 2 is 2.00 bits per heavy atom. The molecule has 7 heteroatoms. The number of furan rings is 1. The molecule has 1 aliphatic carbocycles. The summed E-state index contributed by atoms with van der Waals surface area (Å²) in [6, 6.07) is 13.1. The third kappa shape index (κ3) is 3.56. The van der Waals surface area contributed by atoms with Crippen molar-refractivity contribution in [2.24, 2.45) is 11.7 Å². The molecule has 154 valence electrons. The van der Waals surface area contributed by atoms with Crippen molar-refractivity contribution in [3.8, 4) is 6.07 Å². The quantitative estimate of drug-likeness (QED) is 0.502. The lowest BCUT2D eigenvalue weighted by molar-refractivity contribution is -0.123. The van der Waals surface area contributed by atoms with Crippen molar-refractivity contribution < 1.29 is 14.0 Å². The van der Waals surface area contributed by atoms with Gasteiger partial charge in [-0.05, 0) is 48.9 Å². The van der Waals surface area contributed by atoms with Gasteiger partial charge in [0.2, 0.25) is 11.8 Å². The van der Waals surface area contributed by atoms with Crippen LogP contribution in [-0.4, -0.2) is 22.7 Å². The number of carbonyl (C=O) groups excluding carboxylic acids is 2.